The van der Waals surface area contributed by atoms with Crippen LogP contribution in [-0.4, -0.2) is 7.85 Å². The maximum absolute atomic E-state index is 5.29. The van der Waals surface area contributed by atoms with Crippen LogP contribution in [0.25, 0.3) is 0 Å². The maximum Gasteiger partial charge on any atom is 1.00 e. The average Bonchev–Trinajstić information content (AvgIpc) is 1.38. The maximum atomic E-state index is 5.29. The van der Waals surface area contributed by atoms with E-state index in [1.54, 1.807) is 0 Å². The summed E-state index contributed by atoms with van der Waals surface area (Å²) in [6, 6.07) is 0. The van der Waals surface area contributed by atoms with Gasteiger partial charge in [0.25, 0.3) is 0 Å². The molecule has 0 amide bonds. The first-order valence-corrected chi connectivity index (χ1v) is 2.03. The molecule has 0 nitrogen and oxygen atoms in total. The minimum Gasteiger partial charge on any atom is -1.00 e. The number of rotatable bonds is 1. The molecule has 0 bridgehead atoms. The molecule has 0 heterocycles. The van der Waals surface area contributed by atoms with E-state index in [-0.39, 0.29) is 20.3 Å². The van der Waals surface area contributed by atoms with Gasteiger partial charge in [0, 0.05) is 0 Å². The Hall–Kier alpha value is 0.662. The van der Waals surface area contributed by atoms with E-state index in [9.17, 15) is 0 Å². The average molecular weight is 75.9 g/mol. The third-order valence-corrected chi connectivity index (χ3v) is 0.644. The summed E-state index contributed by atoms with van der Waals surface area (Å²) in [6.07, 6.45) is 1.08. The van der Waals surface area contributed by atoms with Gasteiger partial charge in [0.15, 0.2) is 0 Å². The van der Waals surface area contributed by atoms with Crippen LogP contribution >= 0.6 is 0 Å². The molecule has 1 unspecified atom stereocenters. The standard InChI is InChI=1S/C4H9B.Li.H/c1-3-4(2)5;;/h4H,3H2,1-2H3;;/q;+1;-1. The Balaban J connectivity index is -0.0000000800. The van der Waals surface area contributed by atoms with Gasteiger partial charge in [0.2, 0.25) is 0 Å². The summed E-state index contributed by atoms with van der Waals surface area (Å²) in [4.78, 5) is 0. The van der Waals surface area contributed by atoms with Crippen LogP contribution in [0.5, 0.6) is 0 Å². The Labute approximate surface area is 54.8 Å². The third kappa shape index (κ3) is 8.82. The molecule has 0 saturated carbocycles. The summed E-state index contributed by atoms with van der Waals surface area (Å²) < 4.78 is 0. The SMILES string of the molecule is [B]C(C)CC.[H-].[Li+]. The molecule has 0 N–H and O–H groups in total. The Morgan fingerprint density at radius 2 is 2.00 bits per heavy atom. The molecule has 0 spiro atoms. The van der Waals surface area contributed by atoms with Crippen LogP contribution in [0.3, 0.4) is 0 Å². The third-order valence-electron chi connectivity index (χ3n) is 0.644. The molecule has 30 valence electrons. The second kappa shape index (κ2) is 5.66. The molecule has 2 heteroatoms. The summed E-state index contributed by atoms with van der Waals surface area (Å²) in [5, 5.41) is 0. The molecule has 0 aromatic rings. The summed E-state index contributed by atoms with van der Waals surface area (Å²) >= 11 is 0. The summed E-state index contributed by atoms with van der Waals surface area (Å²) in [5.41, 5.74) is 0. The Morgan fingerprint density at radius 3 is 2.00 bits per heavy atom. The van der Waals surface area contributed by atoms with Crippen molar-refractivity contribution in [1.82, 2.24) is 0 Å². The van der Waals surface area contributed by atoms with Crippen molar-refractivity contribution in [3.8, 4) is 0 Å². The first-order valence-electron chi connectivity index (χ1n) is 2.03. The van der Waals surface area contributed by atoms with Crippen molar-refractivity contribution in [2.24, 2.45) is 0 Å². The fourth-order valence-corrected chi connectivity index (χ4v) is 0. The quantitative estimate of drug-likeness (QED) is 0.333. The topological polar surface area (TPSA) is 0 Å². The Morgan fingerprint density at radius 1 is 1.83 bits per heavy atom. The van der Waals surface area contributed by atoms with E-state index in [0.717, 1.165) is 6.42 Å². The molecule has 0 aliphatic carbocycles. The van der Waals surface area contributed by atoms with Gasteiger partial charge in [-0.15, -0.1) is 0 Å². The zero-order valence-electron chi connectivity index (χ0n) is 5.86. The largest absolute Gasteiger partial charge is 1.00 e. The van der Waals surface area contributed by atoms with Gasteiger partial charge in [-0.2, -0.15) is 0 Å². The van der Waals surface area contributed by atoms with Crippen molar-refractivity contribution in [1.29, 1.82) is 0 Å². The zero-order valence-corrected chi connectivity index (χ0v) is 4.86. The molecular formula is C4H10BLi. The first-order chi connectivity index (χ1) is 2.27. The monoisotopic (exact) mass is 76.1 g/mol. The van der Waals surface area contributed by atoms with E-state index >= 15 is 0 Å². The number of hydrogen-bond acceptors (Lipinski definition) is 0. The van der Waals surface area contributed by atoms with E-state index in [2.05, 4.69) is 6.92 Å². The normalized spacial score (nSPS) is 12.3. The van der Waals surface area contributed by atoms with Gasteiger partial charge < -0.3 is 1.43 Å². The van der Waals surface area contributed by atoms with Crippen LogP contribution in [-0.2, 0) is 0 Å². The van der Waals surface area contributed by atoms with Crippen LogP contribution < -0.4 is 18.9 Å². The van der Waals surface area contributed by atoms with Crippen molar-refractivity contribution in [2.75, 3.05) is 0 Å². The first kappa shape index (κ1) is 9.83. The number of hydrogen-bond donors (Lipinski definition) is 0. The second-order valence-electron chi connectivity index (χ2n) is 1.39. The molecule has 0 fully saturated rings. The van der Waals surface area contributed by atoms with Gasteiger partial charge in [-0.05, 0) is 0 Å². The molecule has 0 aliphatic rings. The molecule has 2 radical (unpaired) electrons. The second-order valence-corrected chi connectivity index (χ2v) is 1.39. The van der Waals surface area contributed by atoms with Crippen molar-refractivity contribution in [3.05, 3.63) is 0 Å². The summed E-state index contributed by atoms with van der Waals surface area (Å²) in [5.74, 6) is 0.384. The van der Waals surface area contributed by atoms with E-state index < -0.39 is 0 Å². The molecule has 1 atom stereocenters. The van der Waals surface area contributed by atoms with Crippen LogP contribution in [0.1, 0.15) is 21.7 Å². The summed E-state index contributed by atoms with van der Waals surface area (Å²) in [7, 11) is 5.29. The molecule has 0 aliphatic heterocycles. The van der Waals surface area contributed by atoms with Crippen molar-refractivity contribution in [2.45, 2.75) is 26.1 Å². The molecule has 6 heavy (non-hydrogen) atoms. The fourth-order valence-electron chi connectivity index (χ4n) is 0. The van der Waals surface area contributed by atoms with E-state index in [4.69, 9.17) is 7.85 Å². The fraction of sp³-hybridized carbons (Fsp3) is 1.00. The Bertz CT molecular complexity index is 25.7. The van der Waals surface area contributed by atoms with Crippen molar-refractivity contribution >= 4 is 7.85 Å². The van der Waals surface area contributed by atoms with E-state index in [0.29, 0.717) is 5.82 Å². The molecule has 0 rings (SSSR count). The predicted molar refractivity (Wildman–Crippen MR) is 26.6 cm³/mol. The zero-order chi connectivity index (χ0) is 4.28. The van der Waals surface area contributed by atoms with Gasteiger partial charge in [0.1, 0.15) is 0 Å². The minimum atomic E-state index is 0. The van der Waals surface area contributed by atoms with Gasteiger partial charge in [0.05, 0.1) is 7.85 Å². The Kier molecular flexibility index (Phi) is 9.27. The van der Waals surface area contributed by atoms with Gasteiger partial charge in [-0.25, -0.2) is 0 Å². The van der Waals surface area contributed by atoms with Crippen molar-refractivity contribution in [3.63, 3.8) is 0 Å². The van der Waals surface area contributed by atoms with Crippen molar-refractivity contribution < 1.29 is 20.3 Å². The molecule has 0 aromatic heterocycles. The summed E-state index contributed by atoms with van der Waals surface area (Å²) in [6.45, 7) is 4.07. The van der Waals surface area contributed by atoms with Gasteiger partial charge in [-0.3, -0.25) is 0 Å². The van der Waals surface area contributed by atoms with Crippen LogP contribution in [0.2, 0.25) is 5.82 Å². The smallest absolute Gasteiger partial charge is 1.00 e. The van der Waals surface area contributed by atoms with Crippen LogP contribution in [0.15, 0.2) is 0 Å². The predicted octanol–water partition coefficient (Wildman–Crippen LogP) is -1.51. The molecule has 0 aromatic carbocycles. The van der Waals surface area contributed by atoms with Crippen LogP contribution in [0.4, 0.5) is 0 Å². The van der Waals surface area contributed by atoms with Crippen LogP contribution in [0, 0.1) is 0 Å². The minimum absolute atomic E-state index is 0. The molecule has 0 saturated heterocycles. The molecular weight excluding hydrogens is 65.8 g/mol. The van der Waals surface area contributed by atoms with E-state index in [1.807, 2.05) is 6.92 Å². The van der Waals surface area contributed by atoms with Gasteiger partial charge >= 0.3 is 18.9 Å². The van der Waals surface area contributed by atoms with E-state index in [1.165, 1.54) is 0 Å². The van der Waals surface area contributed by atoms with Gasteiger partial charge in [-0.1, -0.05) is 26.1 Å².